The first-order chi connectivity index (χ1) is 15.3. The number of benzene rings is 3. The van der Waals surface area contributed by atoms with E-state index in [2.05, 4.69) is 9.71 Å². The predicted octanol–water partition coefficient (Wildman–Crippen LogP) is 6.92. The van der Waals surface area contributed by atoms with Gasteiger partial charge in [0, 0.05) is 27.9 Å². The van der Waals surface area contributed by atoms with Crippen molar-refractivity contribution in [3.8, 4) is 17.2 Å². The summed E-state index contributed by atoms with van der Waals surface area (Å²) in [4.78, 5) is 4.73. The topological polar surface area (TPSA) is 60.5 Å². The Balaban J connectivity index is 1.56. The van der Waals surface area contributed by atoms with Gasteiger partial charge in [-0.1, -0.05) is 23.2 Å². The molecule has 0 aliphatic rings. The monoisotopic (exact) mass is 490 g/mol. The van der Waals surface area contributed by atoms with Crippen molar-refractivity contribution in [2.24, 2.45) is 0 Å². The number of hydrogen-bond donors (Lipinski definition) is 1. The third-order valence-electron chi connectivity index (χ3n) is 4.53. The average molecular weight is 491 g/mol. The van der Waals surface area contributed by atoms with Gasteiger partial charge >= 0.3 is 0 Å². The molecule has 1 unspecified atom stereocenters. The van der Waals surface area contributed by atoms with Crippen LogP contribution in [-0.4, -0.2) is 16.3 Å². The van der Waals surface area contributed by atoms with Crippen LogP contribution in [0.3, 0.4) is 0 Å². The number of methoxy groups -OCH3 is 1. The minimum atomic E-state index is -1.67. The van der Waals surface area contributed by atoms with Crippen molar-refractivity contribution >= 4 is 50.8 Å². The summed E-state index contributed by atoms with van der Waals surface area (Å²) in [6.45, 7) is 1.84. The van der Waals surface area contributed by atoms with Crippen molar-refractivity contribution in [1.82, 2.24) is 4.98 Å². The molecule has 1 N–H and O–H groups in total. The van der Waals surface area contributed by atoms with E-state index in [1.165, 1.54) is 31.4 Å². The van der Waals surface area contributed by atoms with Gasteiger partial charge in [-0.15, -0.1) is 0 Å². The van der Waals surface area contributed by atoms with Crippen molar-refractivity contribution < 1.29 is 18.1 Å². The van der Waals surface area contributed by atoms with Crippen molar-refractivity contribution in [3.63, 3.8) is 0 Å². The van der Waals surface area contributed by atoms with E-state index < -0.39 is 11.0 Å². The molecule has 1 atom stereocenters. The van der Waals surface area contributed by atoms with E-state index in [4.69, 9.17) is 32.7 Å². The molecule has 5 nitrogen and oxygen atoms in total. The largest absolute Gasteiger partial charge is 0.494 e. The number of nitrogens with zero attached hydrogens (tertiary/aromatic N) is 1. The molecule has 0 radical (unpaired) electrons. The Kier molecular flexibility index (Phi) is 6.50. The number of pyridine rings is 1. The normalized spacial score (nSPS) is 11.9. The van der Waals surface area contributed by atoms with Crippen molar-refractivity contribution in [2.45, 2.75) is 11.8 Å². The highest BCUT2D eigenvalue weighted by Crippen LogP contribution is 2.35. The lowest BCUT2D eigenvalue weighted by molar-refractivity contribution is 0.404. The molecule has 1 aromatic heterocycles. The third kappa shape index (κ3) is 4.80. The number of anilines is 1. The smallest absolute Gasteiger partial charge is 0.155 e. The van der Waals surface area contributed by atoms with E-state index in [-0.39, 0.29) is 16.6 Å². The molecule has 0 aliphatic carbocycles. The third-order valence-corrected chi connectivity index (χ3v) is 6.15. The second-order valence-corrected chi connectivity index (χ2v) is 8.86. The number of hydrogen-bond acceptors (Lipinski definition) is 4. The molecule has 32 heavy (non-hydrogen) atoms. The summed E-state index contributed by atoms with van der Waals surface area (Å²) in [5.41, 5.74) is 1.97. The number of rotatable bonds is 6. The first-order valence-corrected chi connectivity index (χ1v) is 11.3. The van der Waals surface area contributed by atoms with Gasteiger partial charge in [0.2, 0.25) is 0 Å². The first-order valence-electron chi connectivity index (χ1n) is 9.40. The molecule has 164 valence electrons. The molecule has 0 amide bonds. The van der Waals surface area contributed by atoms with Crippen molar-refractivity contribution in [3.05, 3.63) is 82.2 Å². The van der Waals surface area contributed by atoms with E-state index >= 15 is 0 Å². The van der Waals surface area contributed by atoms with Gasteiger partial charge in [0.1, 0.15) is 22.2 Å². The fraction of sp³-hybridized carbons (Fsp3) is 0.0870. The summed E-state index contributed by atoms with van der Waals surface area (Å²) in [5, 5.41) is 1.19. The van der Waals surface area contributed by atoms with Crippen LogP contribution in [0.4, 0.5) is 10.1 Å². The maximum Gasteiger partial charge on any atom is 0.155 e. The Bertz CT molecular complexity index is 1330. The second kappa shape index (κ2) is 9.32. The van der Waals surface area contributed by atoms with Crippen LogP contribution in [-0.2, 0) is 11.0 Å². The Hall–Kier alpha value is -2.87. The average Bonchev–Trinajstić information content (AvgIpc) is 2.75. The summed E-state index contributed by atoms with van der Waals surface area (Å²) >= 11 is 12.2. The number of aromatic nitrogens is 1. The summed E-state index contributed by atoms with van der Waals surface area (Å²) in [5.74, 6) is 0.941. The van der Waals surface area contributed by atoms with E-state index in [1.807, 2.05) is 6.92 Å². The lowest BCUT2D eigenvalue weighted by Gasteiger charge is -2.13. The predicted molar refractivity (Wildman–Crippen MR) is 126 cm³/mol. The zero-order valence-electron chi connectivity index (χ0n) is 17.0. The van der Waals surface area contributed by atoms with Gasteiger partial charge in [-0.2, -0.15) is 0 Å². The van der Waals surface area contributed by atoms with Gasteiger partial charge in [-0.25, -0.2) is 8.60 Å². The molecule has 9 heteroatoms. The molecule has 4 aromatic rings. The number of nitrogens with one attached hydrogen (secondary N) is 1. The fourth-order valence-corrected chi connectivity index (χ4v) is 4.88. The minimum Gasteiger partial charge on any atom is -0.494 e. The minimum absolute atomic E-state index is 0.269. The second-order valence-electron chi connectivity index (χ2n) is 6.84. The summed E-state index contributed by atoms with van der Waals surface area (Å²) in [6.07, 6.45) is 0. The van der Waals surface area contributed by atoms with Gasteiger partial charge in [0.15, 0.2) is 16.7 Å². The number of ether oxygens (including phenoxy) is 2. The molecule has 3 aromatic carbocycles. The highest BCUT2D eigenvalue weighted by atomic mass is 35.5. The van der Waals surface area contributed by atoms with Crippen LogP contribution in [0.5, 0.6) is 17.2 Å². The lowest BCUT2D eigenvalue weighted by atomic mass is 10.2. The lowest BCUT2D eigenvalue weighted by Crippen LogP contribution is -2.06. The summed E-state index contributed by atoms with van der Waals surface area (Å²) in [7, 11) is -0.227. The number of halogens is 3. The maximum absolute atomic E-state index is 13.7. The van der Waals surface area contributed by atoms with Crippen LogP contribution < -0.4 is 14.2 Å². The molecule has 0 bridgehead atoms. The van der Waals surface area contributed by atoms with Crippen LogP contribution in [0.2, 0.25) is 10.0 Å². The van der Waals surface area contributed by atoms with E-state index in [9.17, 15) is 8.60 Å². The quantitative estimate of drug-likeness (QED) is 0.318. The molecule has 0 saturated carbocycles. The van der Waals surface area contributed by atoms with Crippen molar-refractivity contribution in [1.29, 1.82) is 0 Å². The Morgan fingerprint density at radius 2 is 1.78 bits per heavy atom. The standard InChI is InChI=1S/C23H17Cl2FN2O3S/c1-13-9-21(18-12-15(26)3-8-20(18)27-13)31-17-6-4-16(5-7-17)28-32(29)22-11-14(24)10-19(25)23(22)30-2/h3-12,28H,1-2H3. The molecule has 0 spiro atoms. The Morgan fingerprint density at radius 3 is 2.50 bits per heavy atom. The van der Waals surface area contributed by atoms with Gasteiger partial charge in [-0.3, -0.25) is 4.98 Å². The molecule has 0 aliphatic heterocycles. The molecular formula is C23H17Cl2FN2O3S. The fourth-order valence-electron chi connectivity index (χ4n) is 3.13. The van der Waals surface area contributed by atoms with Crippen LogP contribution in [0, 0.1) is 12.7 Å². The highest BCUT2D eigenvalue weighted by Gasteiger charge is 2.16. The summed E-state index contributed by atoms with van der Waals surface area (Å²) < 4.78 is 40.7. The van der Waals surface area contributed by atoms with Gasteiger partial charge < -0.3 is 14.2 Å². The maximum atomic E-state index is 13.7. The van der Waals surface area contributed by atoms with Crippen molar-refractivity contribution in [2.75, 3.05) is 11.8 Å². The molecule has 1 heterocycles. The molecule has 4 rings (SSSR count). The van der Waals surface area contributed by atoms with Crippen LogP contribution >= 0.6 is 23.2 Å². The van der Waals surface area contributed by atoms with E-state index in [0.29, 0.717) is 38.0 Å². The van der Waals surface area contributed by atoms with E-state index in [1.54, 1.807) is 36.4 Å². The SMILES string of the molecule is COc1c(Cl)cc(Cl)cc1S(=O)Nc1ccc(Oc2cc(C)nc3ccc(F)cc23)cc1. The van der Waals surface area contributed by atoms with E-state index in [0.717, 1.165) is 5.69 Å². The van der Waals surface area contributed by atoms with Gasteiger partial charge in [-0.05, 0) is 61.5 Å². The van der Waals surface area contributed by atoms with Crippen LogP contribution in [0.25, 0.3) is 10.9 Å². The Morgan fingerprint density at radius 1 is 1.03 bits per heavy atom. The van der Waals surface area contributed by atoms with Gasteiger partial charge in [0.25, 0.3) is 0 Å². The zero-order valence-corrected chi connectivity index (χ0v) is 19.3. The zero-order chi connectivity index (χ0) is 22.8. The molecule has 0 saturated heterocycles. The highest BCUT2D eigenvalue weighted by molar-refractivity contribution is 7.86. The molecular weight excluding hydrogens is 474 g/mol. The first kappa shape index (κ1) is 22.3. The Labute approximate surface area is 196 Å². The molecule has 0 fully saturated rings. The van der Waals surface area contributed by atoms with Crippen LogP contribution in [0.1, 0.15) is 5.69 Å². The van der Waals surface area contributed by atoms with Gasteiger partial charge in [0.05, 0.1) is 17.6 Å². The summed E-state index contributed by atoms with van der Waals surface area (Å²) in [6, 6.07) is 16.0. The van der Waals surface area contributed by atoms with Crippen LogP contribution in [0.15, 0.2) is 65.6 Å². The number of fused-ring (bicyclic) bond motifs is 1. The number of aryl methyl sites for hydroxylation is 1.